The summed E-state index contributed by atoms with van der Waals surface area (Å²) in [5.74, 6) is 0.756. The fourth-order valence-corrected chi connectivity index (χ4v) is 1.44. The van der Waals surface area contributed by atoms with Gasteiger partial charge in [-0.05, 0) is 0 Å². The van der Waals surface area contributed by atoms with Crippen molar-refractivity contribution in [2.75, 3.05) is 33.5 Å². The molecule has 19 heavy (non-hydrogen) atoms. The molecule has 0 radical (unpaired) electrons. The lowest BCUT2D eigenvalue weighted by molar-refractivity contribution is -0.174. The number of halogens is 3. The van der Waals surface area contributed by atoms with E-state index >= 15 is 0 Å². The molecule has 0 spiro atoms. The maximum absolute atomic E-state index is 11.9. The van der Waals surface area contributed by atoms with Crippen molar-refractivity contribution in [3.63, 3.8) is 0 Å². The Morgan fingerprint density at radius 2 is 2.16 bits per heavy atom. The number of hydrogen-bond acceptors (Lipinski definition) is 4. The summed E-state index contributed by atoms with van der Waals surface area (Å²) < 4.78 is 46.8. The van der Waals surface area contributed by atoms with Gasteiger partial charge in [-0.15, -0.1) is 0 Å². The van der Waals surface area contributed by atoms with Crippen molar-refractivity contribution >= 4 is 0 Å². The number of nitrogens with one attached hydrogen (secondary N) is 1. The van der Waals surface area contributed by atoms with Crippen molar-refractivity contribution in [3.05, 3.63) is 18.2 Å². The highest BCUT2D eigenvalue weighted by molar-refractivity contribution is 4.91. The average Bonchev–Trinajstić information content (AvgIpc) is 2.77. The molecule has 8 heteroatoms. The molecule has 5 nitrogen and oxygen atoms in total. The summed E-state index contributed by atoms with van der Waals surface area (Å²) in [5, 5.41) is 3.11. The zero-order chi connectivity index (χ0) is 14.1. The smallest absolute Gasteiger partial charge is 0.383 e. The van der Waals surface area contributed by atoms with Gasteiger partial charge in [0.05, 0.1) is 19.8 Å². The lowest BCUT2D eigenvalue weighted by atomic mass is 10.5. The largest absolute Gasteiger partial charge is 0.411 e. The van der Waals surface area contributed by atoms with Gasteiger partial charge in [0.25, 0.3) is 0 Å². The zero-order valence-corrected chi connectivity index (χ0v) is 10.7. The Labute approximate surface area is 109 Å². The van der Waals surface area contributed by atoms with Crippen molar-refractivity contribution in [2.24, 2.45) is 0 Å². The Morgan fingerprint density at radius 3 is 2.84 bits per heavy atom. The summed E-state index contributed by atoms with van der Waals surface area (Å²) in [4.78, 5) is 4.12. The molecule has 0 saturated carbocycles. The summed E-state index contributed by atoms with van der Waals surface area (Å²) in [6.45, 7) is 0.945. The second-order valence-electron chi connectivity index (χ2n) is 3.87. The molecule has 1 aromatic heterocycles. The van der Waals surface area contributed by atoms with Crippen LogP contribution in [0.25, 0.3) is 0 Å². The van der Waals surface area contributed by atoms with E-state index in [2.05, 4.69) is 15.0 Å². The van der Waals surface area contributed by atoms with Crippen LogP contribution in [-0.4, -0.2) is 49.2 Å². The minimum atomic E-state index is -4.28. The zero-order valence-electron chi connectivity index (χ0n) is 10.7. The van der Waals surface area contributed by atoms with Gasteiger partial charge >= 0.3 is 6.18 Å². The van der Waals surface area contributed by atoms with Crippen LogP contribution in [-0.2, 0) is 22.6 Å². The van der Waals surface area contributed by atoms with Crippen LogP contribution < -0.4 is 5.32 Å². The molecule has 0 saturated heterocycles. The third-order valence-electron chi connectivity index (χ3n) is 2.31. The van der Waals surface area contributed by atoms with E-state index in [1.165, 1.54) is 0 Å². The molecular weight excluding hydrogens is 263 g/mol. The Balaban J connectivity index is 2.24. The number of alkyl halides is 3. The second kappa shape index (κ2) is 8.13. The highest BCUT2D eigenvalue weighted by Gasteiger charge is 2.27. The van der Waals surface area contributed by atoms with E-state index in [0.717, 1.165) is 5.82 Å². The van der Waals surface area contributed by atoms with Crippen LogP contribution in [0.15, 0.2) is 12.4 Å². The standard InChI is InChI=1S/C11H18F3N3O2/c1-18-6-3-15-8-10-16-2-4-17(10)5-7-19-9-11(12,13)14/h2,4,15H,3,5-9H2,1H3. The minimum Gasteiger partial charge on any atom is -0.383 e. The first kappa shape index (κ1) is 15.9. The van der Waals surface area contributed by atoms with Gasteiger partial charge in [0.1, 0.15) is 12.4 Å². The topological polar surface area (TPSA) is 48.3 Å². The van der Waals surface area contributed by atoms with E-state index in [1.54, 1.807) is 24.1 Å². The Hall–Kier alpha value is -1.12. The molecule has 110 valence electrons. The maximum atomic E-state index is 11.9. The van der Waals surface area contributed by atoms with Crippen molar-refractivity contribution in [2.45, 2.75) is 19.3 Å². The molecule has 0 atom stereocenters. The molecule has 0 amide bonds. The van der Waals surface area contributed by atoms with Crippen LogP contribution in [0.2, 0.25) is 0 Å². The highest BCUT2D eigenvalue weighted by atomic mass is 19.4. The minimum absolute atomic E-state index is 0.000934. The summed E-state index contributed by atoms with van der Waals surface area (Å²) in [5.41, 5.74) is 0. The first-order valence-corrected chi connectivity index (χ1v) is 5.87. The SMILES string of the molecule is COCCNCc1nccn1CCOCC(F)(F)F. The number of rotatable bonds is 9. The first-order valence-electron chi connectivity index (χ1n) is 5.87. The van der Waals surface area contributed by atoms with E-state index in [0.29, 0.717) is 26.2 Å². The summed E-state index contributed by atoms with van der Waals surface area (Å²) in [6.07, 6.45) is -0.957. The molecule has 0 aliphatic rings. The van der Waals surface area contributed by atoms with Crippen LogP contribution in [0, 0.1) is 0 Å². The lowest BCUT2D eigenvalue weighted by Crippen LogP contribution is -2.22. The van der Waals surface area contributed by atoms with Gasteiger partial charge in [-0.25, -0.2) is 4.98 Å². The lowest BCUT2D eigenvalue weighted by Gasteiger charge is -2.10. The molecule has 0 aromatic carbocycles. The van der Waals surface area contributed by atoms with E-state index in [9.17, 15) is 13.2 Å². The molecule has 0 bridgehead atoms. The van der Waals surface area contributed by atoms with Crippen LogP contribution in [0.4, 0.5) is 13.2 Å². The number of hydrogen-bond donors (Lipinski definition) is 1. The molecule has 0 fully saturated rings. The van der Waals surface area contributed by atoms with E-state index in [-0.39, 0.29) is 6.61 Å². The van der Waals surface area contributed by atoms with Crippen molar-refractivity contribution in [3.8, 4) is 0 Å². The molecule has 1 heterocycles. The van der Waals surface area contributed by atoms with E-state index < -0.39 is 12.8 Å². The fraction of sp³-hybridized carbons (Fsp3) is 0.727. The highest BCUT2D eigenvalue weighted by Crippen LogP contribution is 2.14. The molecule has 0 aliphatic carbocycles. The third-order valence-corrected chi connectivity index (χ3v) is 2.31. The molecule has 0 unspecified atom stereocenters. The van der Waals surface area contributed by atoms with Gasteiger partial charge in [-0.1, -0.05) is 0 Å². The van der Waals surface area contributed by atoms with Crippen LogP contribution >= 0.6 is 0 Å². The quantitative estimate of drug-likeness (QED) is 0.691. The Kier molecular flexibility index (Phi) is 6.82. The van der Waals surface area contributed by atoms with Crippen molar-refractivity contribution in [1.82, 2.24) is 14.9 Å². The first-order chi connectivity index (χ1) is 9.03. The van der Waals surface area contributed by atoms with Crippen molar-refractivity contribution in [1.29, 1.82) is 0 Å². The van der Waals surface area contributed by atoms with E-state index in [1.807, 2.05) is 0 Å². The summed E-state index contributed by atoms with van der Waals surface area (Å²) in [6, 6.07) is 0. The molecule has 1 N–H and O–H groups in total. The summed E-state index contributed by atoms with van der Waals surface area (Å²) >= 11 is 0. The van der Waals surface area contributed by atoms with Crippen LogP contribution in [0.3, 0.4) is 0 Å². The van der Waals surface area contributed by atoms with Crippen molar-refractivity contribution < 1.29 is 22.6 Å². The predicted molar refractivity (Wildman–Crippen MR) is 62.7 cm³/mol. The van der Waals surface area contributed by atoms with Gasteiger partial charge in [0.15, 0.2) is 0 Å². The van der Waals surface area contributed by atoms with Crippen LogP contribution in [0.1, 0.15) is 5.82 Å². The van der Waals surface area contributed by atoms with Gasteiger partial charge in [-0.3, -0.25) is 0 Å². The predicted octanol–water partition coefficient (Wildman–Crippen LogP) is 1.20. The fourth-order valence-electron chi connectivity index (χ4n) is 1.44. The Morgan fingerprint density at radius 1 is 1.37 bits per heavy atom. The Bertz CT molecular complexity index is 355. The average molecular weight is 281 g/mol. The number of nitrogens with zero attached hydrogens (tertiary/aromatic N) is 2. The monoisotopic (exact) mass is 281 g/mol. The molecule has 1 aromatic rings. The normalized spacial score (nSPS) is 12.0. The molecule has 0 aliphatic heterocycles. The number of ether oxygens (including phenoxy) is 2. The maximum Gasteiger partial charge on any atom is 0.411 e. The van der Waals surface area contributed by atoms with Gasteiger partial charge in [0, 0.05) is 32.6 Å². The second-order valence-corrected chi connectivity index (χ2v) is 3.87. The van der Waals surface area contributed by atoms with Crippen LogP contribution in [0.5, 0.6) is 0 Å². The number of imidazole rings is 1. The molecular formula is C11H18F3N3O2. The summed E-state index contributed by atoms with van der Waals surface area (Å²) in [7, 11) is 1.61. The number of aromatic nitrogens is 2. The van der Waals surface area contributed by atoms with Gasteiger partial charge < -0.3 is 19.4 Å². The van der Waals surface area contributed by atoms with Gasteiger partial charge in [0.2, 0.25) is 0 Å². The number of methoxy groups -OCH3 is 1. The molecule has 1 rings (SSSR count). The van der Waals surface area contributed by atoms with Gasteiger partial charge in [-0.2, -0.15) is 13.2 Å². The van der Waals surface area contributed by atoms with E-state index in [4.69, 9.17) is 4.74 Å². The third kappa shape index (κ3) is 7.14.